The van der Waals surface area contributed by atoms with Gasteiger partial charge in [-0.2, -0.15) is 0 Å². The number of carbonyl (C=O) groups excluding carboxylic acids is 1. The van der Waals surface area contributed by atoms with Crippen LogP contribution in [0, 0.1) is 0 Å². The molecule has 0 spiro atoms. The standard InChI is InChI=1S/C13H26N6O/c1-2-9-19-10-3-5-13(6-11-19,12(14)20)16-7-4-8-17-18-15/h16H,2-11H2,1H3,(H2,14,20). The summed E-state index contributed by atoms with van der Waals surface area (Å²) >= 11 is 0. The van der Waals surface area contributed by atoms with E-state index in [1.807, 2.05) is 0 Å². The molecule has 0 aromatic rings. The number of hydrogen-bond donors (Lipinski definition) is 2. The van der Waals surface area contributed by atoms with Gasteiger partial charge < -0.3 is 16.0 Å². The summed E-state index contributed by atoms with van der Waals surface area (Å²) in [4.78, 5) is 17.0. The van der Waals surface area contributed by atoms with Crippen LogP contribution in [0.4, 0.5) is 0 Å². The molecule has 20 heavy (non-hydrogen) atoms. The fraction of sp³-hybridized carbons (Fsp3) is 0.923. The molecule has 0 saturated carbocycles. The maximum Gasteiger partial charge on any atom is 0.237 e. The highest BCUT2D eigenvalue weighted by Crippen LogP contribution is 2.22. The molecule has 0 aliphatic carbocycles. The summed E-state index contributed by atoms with van der Waals surface area (Å²) in [6, 6.07) is 0. The minimum absolute atomic E-state index is 0.264. The monoisotopic (exact) mass is 282 g/mol. The second-order valence-electron chi connectivity index (χ2n) is 5.38. The average molecular weight is 282 g/mol. The van der Waals surface area contributed by atoms with Crippen LogP contribution < -0.4 is 11.1 Å². The van der Waals surface area contributed by atoms with Crippen molar-refractivity contribution >= 4 is 5.91 Å². The van der Waals surface area contributed by atoms with Crippen LogP contribution in [-0.4, -0.2) is 49.1 Å². The van der Waals surface area contributed by atoms with Crippen molar-refractivity contribution in [2.45, 2.75) is 44.6 Å². The molecular weight excluding hydrogens is 256 g/mol. The zero-order valence-electron chi connectivity index (χ0n) is 12.3. The van der Waals surface area contributed by atoms with Gasteiger partial charge in [0.15, 0.2) is 0 Å². The van der Waals surface area contributed by atoms with Crippen molar-refractivity contribution in [3.63, 3.8) is 0 Å². The maximum atomic E-state index is 11.9. The first-order valence-electron chi connectivity index (χ1n) is 7.43. The van der Waals surface area contributed by atoms with Crippen LogP contribution in [0.1, 0.15) is 39.0 Å². The van der Waals surface area contributed by atoms with Crippen molar-refractivity contribution < 1.29 is 4.79 Å². The quantitative estimate of drug-likeness (QED) is 0.304. The molecule has 114 valence electrons. The highest BCUT2D eigenvalue weighted by molar-refractivity contribution is 5.84. The number of azide groups is 1. The minimum Gasteiger partial charge on any atom is -0.368 e. The molecule has 1 saturated heterocycles. The molecule has 1 atom stereocenters. The Morgan fingerprint density at radius 1 is 1.50 bits per heavy atom. The van der Waals surface area contributed by atoms with E-state index >= 15 is 0 Å². The molecule has 0 aromatic heterocycles. The molecule has 1 aliphatic heterocycles. The van der Waals surface area contributed by atoms with Crippen molar-refractivity contribution in [1.29, 1.82) is 0 Å². The molecule has 7 heteroatoms. The number of amides is 1. The van der Waals surface area contributed by atoms with E-state index in [0.717, 1.165) is 51.7 Å². The molecule has 7 nitrogen and oxygen atoms in total. The fourth-order valence-corrected chi connectivity index (χ4v) is 2.76. The van der Waals surface area contributed by atoms with Gasteiger partial charge in [0.05, 0.1) is 5.54 Å². The molecule has 0 aromatic carbocycles. The number of nitrogens with two attached hydrogens (primary N) is 1. The van der Waals surface area contributed by atoms with Gasteiger partial charge >= 0.3 is 0 Å². The molecule has 1 amide bonds. The van der Waals surface area contributed by atoms with E-state index in [4.69, 9.17) is 11.3 Å². The van der Waals surface area contributed by atoms with E-state index in [1.54, 1.807) is 0 Å². The first kappa shape index (κ1) is 16.8. The molecule has 1 heterocycles. The molecule has 1 unspecified atom stereocenters. The van der Waals surface area contributed by atoms with Crippen LogP contribution in [0.2, 0.25) is 0 Å². The molecule has 0 radical (unpaired) electrons. The van der Waals surface area contributed by atoms with Crippen molar-refractivity contribution in [2.75, 3.05) is 32.7 Å². The Morgan fingerprint density at radius 3 is 2.95 bits per heavy atom. The summed E-state index contributed by atoms with van der Waals surface area (Å²) < 4.78 is 0. The highest BCUT2D eigenvalue weighted by Gasteiger charge is 2.37. The van der Waals surface area contributed by atoms with Gasteiger partial charge in [-0.05, 0) is 57.3 Å². The second-order valence-corrected chi connectivity index (χ2v) is 5.38. The Bertz CT molecular complexity index is 355. The Kier molecular flexibility index (Phi) is 7.36. The number of hydrogen-bond acceptors (Lipinski definition) is 4. The van der Waals surface area contributed by atoms with Gasteiger partial charge in [-0.1, -0.05) is 12.0 Å². The first-order chi connectivity index (χ1) is 9.64. The van der Waals surface area contributed by atoms with Crippen molar-refractivity contribution in [3.8, 4) is 0 Å². The van der Waals surface area contributed by atoms with E-state index in [2.05, 4.69) is 27.2 Å². The summed E-state index contributed by atoms with van der Waals surface area (Å²) in [5.74, 6) is -0.264. The maximum absolute atomic E-state index is 11.9. The topological polar surface area (TPSA) is 107 Å². The number of carbonyl (C=O) groups is 1. The number of nitrogens with zero attached hydrogens (tertiary/aromatic N) is 4. The van der Waals surface area contributed by atoms with E-state index < -0.39 is 5.54 Å². The summed E-state index contributed by atoms with van der Waals surface area (Å²) in [5.41, 5.74) is 13.3. The lowest BCUT2D eigenvalue weighted by Gasteiger charge is -2.31. The van der Waals surface area contributed by atoms with E-state index in [1.165, 1.54) is 0 Å². The van der Waals surface area contributed by atoms with E-state index in [9.17, 15) is 4.79 Å². The Morgan fingerprint density at radius 2 is 2.30 bits per heavy atom. The van der Waals surface area contributed by atoms with E-state index in [-0.39, 0.29) is 5.91 Å². The number of rotatable bonds is 8. The zero-order chi connectivity index (χ0) is 14.8. The third-order valence-corrected chi connectivity index (χ3v) is 3.91. The van der Waals surface area contributed by atoms with Crippen LogP contribution in [0.15, 0.2) is 5.11 Å². The normalized spacial score (nSPS) is 23.9. The number of nitrogens with one attached hydrogen (secondary N) is 1. The molecular formula is C13H26N6O. The summed E-state index contributed by atoms with van der Waals surface area (Å²) in [6.45, 7) is 6.27. The summed E-state index contributed by atoms with van der Waals surface area (Å²) in [6.07, 6.45) is 4.36. The Balaban J connectivity index is 2.53. The third-order valence-electron chi connectivity index (χ3n) is 3.91. The van der Waals surface area contributed by atoms with Gasteiger partial charge in [0.25, 0.3) is 0 Å². The van der Waals surface area contributed by atoms with Crippen LogP contribution in [0.5, 0.6) is 0 Å². The van der Waals surface area contributed by atoms with Gasteiger partial charge in [-0.3, -0.25) is 4.79 Å². The van der Waals surface area contributed by atoms with Gasteiger partial charge in [0.2, 0.25) is 5.91 Å². The predicted octanol–water partition coefficient (Wildman–Crippen LogP) is 1.40. The Labute approximate surface area is 120 Å². The number of primary amides is 1. The highest BCUT2D eigenvalue weighted by atomic mass is 16.1. The zero-order valence-corrected chi connectivity index (χ0v) is 12.3. The Hall–Kier alpha value is -1.30. The van der Waals surface area contributed by atoms with Crippen molar-refractivity contribution in [2.24, 2.45) is 10.8 Å². The van der Waals surface area contributed by atoms with E-state index in [0.29, 0.717) is 13.1 Å². The van der Waals surface area contributed by atoms with Crippen molar-refractivity contribution in [3.05, 3.63) is 10.4 Å². The lowest BCUT2D eigenvalue weighted by Crippen LogP contribution is -2.56. The van der Waals surface area contributed by atoms with Gasteiger partial charge in [0.1, 0.15) is 0 Å². The van der Waals surface area contributed by atoms with Crippen LogP contribution in [-0.2, 0) is 4.79 Å². The van der Waals surface area contributed by atoms with Gasteiger partial charge in [-0.25, -0.2) is 0 Å². The smallest absolute Gasteiger partial charge is 0.237 e. The summed E-state index contributed by atoms with van der Waals surface area (Å²) in [5, 5.41) is 6.80. The third kappa shape index (κ3) is 5.00. The van der Waals surface area contributed by atoms with Crippen LogP contribution in [0.25, 0.3) is 10.4 Å². The molecule has 0 bridgehead atoms. The minimum atomic E-state index is -0.598. The molecule has 1 aliphatic rings. The fourth-order valence-electron chi connectivity index (χ4n) is 2.76. The van der Waals surface area contributed by atoms with Crippen LogP contribution in [0.3, 0.4) is 0 Å². The SMILES string of the molecule is CCCN1CCCC(NCCCN=[N+]=[N-])(C(N)=O)CC1. The molecule has 1 rings (SSSR count). The first-order valence-corrected chi connectivity index (χ1v) is 7.43. The lowest BCUT2D eigenvalue weighted by molar-refractivity contribution is -0.125. The largest absolute Gasteiger partial charge is 0.368 e. The molecule has 1 fully saturated rings. The number of likely N-dealkylation sites (tertiary alicyclic amines) is 1. The van der Waals surface area contributed by atoms with Gasteiger partial charge in [-0.15, -0.1) is 0 Å². The lowest BCUT2D eigenvalue weighted by atomic mass is 9.89. The summed E-state index contributed by atoms with van der Waals surface area (Å²) in [7, 11) is 0. The van der Waals surface area contributed by atoms with Gasteiger partial charge in [0, 0.05) is 18.0 Å². The van der Waals surface area contributed by atoms with Crippen molar-refractivity contribution in [1.82, 2.24) is 10.2 Å². The second kappa shape index (κ2) is 8.79. The average Bonchev–Trinajstić information content (AvgIpc) is 2.63. The molecule has 3 N–H and O–H groups in total. The predicted molar refractivity (Wildman–Crippen MR) is 79.1 cm³/mol. The van der Waals surface area contributed by atoms with Crippen LogP contribution >= 0.6 is 0 Å².